The molecule has 0 amide bonds. The van der Waals surface area contributed by atoms with Crippen molar-refractivity contribution in [1.29, 1.82) is 0 Å². The van der Waals surface area contributed by atoms with Gasteiger partial charge in [0.05, 0.1) is 17.0 Å². The Morgan fingerprint density at radius 1 is 0.871 bits per heavy atom. The summed E-state index contributed by atoms with van der Waals surface area (Å²) in [5.41, 5.74) is 6.10. The van der Waals surface area contributed by atoms with Crippen molar-refractivity contribution in [3.05, 3.63) is 53.1 Å². The molecule has 166 valence electrons. The van der Waals surface area contributed by atoms with Crippen LogP contribution >= 0.6 is 0 Å². The van der Waals surface area contributed by atoms with E-state index in [1.54, 1.807) is 5.69 Å². The van der Waals surface area contributed by atoms with Crippen molar-refractivity contribution < 1.29 is 4.57 Å². The minimum absolute atomic E-state index is 0.0634. The average Bonchev–Trinajstić information content (AvgIpc) is 3.46. The van der Waals surface area contributed by atoms with Crippen LogP contribution in [0.2, 0.25) is 0 Å². The van der Waals surface area contributed by atoms with E-state index in [1.165, 1.54) is 80.6 Å². The minimum atomic E-state index is 0.0634. The molecule has 2 heterocycles. The Morgan fingerprint density at radius 3 is 2.03 bits per heavy atom. The second-order valence-corrected chi connectivity index (χ2v) is 11.6. The molecule has 0 spiro atoms. The molecular formula is C29H41N2+. The lowest BCUT2D eigenvalue weighted by Gasteiger charge is -2.41. The van der Waals surface area contributed by atoms with Crippen molar-refractivity contribution in [3.8, 4) is 5.69 Å². The van der Waals surface area contributed by atoms with E-state index in [0.717, 1.165) is 11.8 Å². The molecule has 2 aromatic rings. The van der Waals surface area contributed by atoms with E-state index in [2.05, 4.69) is 80.3 Å². The van der Waals surface area contributed by atoms with Crippen molar-refractivity contribution in [3.63, 3.8) is 0 Å². The van der Waals surface area contributed by atoms with Crippen LogP contribution in [-0.4, -0.2) is 4.57 Å². The Kier molecular flexibility index (Phi) is 5.19. The zero-order valence-corrected chi connectivity index (χ0v) is 20.4. The topological polar surface area (TPSA) is 8.81 Å². The van der Waals surface area contributed by atoms with Crippen LogP contribution < -0.4 is 4.57 Å². The first-order valence-electron chi connectivity index (χ1n) is 12.8. The normalized spacial score (nSPS) is 24.8. The van der Waals surface area contributed by atoms with Gasteiger partial charge in [0.25, 0.3) is 5.82 Å². The Hall–Kier alpha value is -1.83. The van der Waals surface area contributed by atoms with Gasteiger partial charge in [-0.1, -0.05) is 50.3 Å². The van der Waals surface area contributed by atoms with Crippen LogP contribution in [0.5, 0.6) is 0 Å². The van der Waals surface area contributed by atoms with Crippen molar-refractivity contribution in [2.75, 3.05) is 0 Å². The van der Waals surface area contributed by atoms with Gasteiger partial charge in [-0.2, -0.15) is 4.57 Å². The van der Waals surface area contributed by atoms with Crippen LogP contribution in [-0.2, 0) is 10.8 Å². The third kappa shape index (κ3) is 3.16. The highest BCUT2D eigenvalue weighted by Gasteiger charge is 2.56. The molecule has 1 aromatic carbocycles. The standard InChI is InChI=1S/C29H41N2/c1-21-13-9-12-18-25(21)31-22(2)26-29(24-16-10-11-17-24,23-14-7-6-8-15-23)19-20-30(26)27(31)28(3,4)5/h9,12-13,18-20,23-24H,6-8,10-11,14-17H2,1-5H3/q+1. The summed E-state index contributed by atoms with van der Waals surface area (Å²) < 4.78 is 5.25. The maximum Gasteiger partial charge on any atom is 0.272 e. The SMILES string of the molecule is Cc1ccccc1-n1c(C)c2[n+](c1C(C)(C)C)C=CC2(C1CCCCC1)C1CCCC1. The first-order chi connectivity index (χ1) is 14.9. The highest BCUT2D eigenvalue weighted by Crippen LogP contribution is 2.54. The quantitative estimate of drug-likeness (QED) is 0.468. The molecule has 2 heteroatoms. The number of allylic oxidation sites excluding steroid dienone is 1. The van der Waals surface area contributed by atoms with Gasteiger partial charge in [0, 0.05) is 6.92 Å². The fourth-order valence-corrected chi connectivity index (χ4v) is 7.38. The van der Waals surface area contributed by atoms with Crippen molar-refractivity contribution in [1.82, 2.24) is 4.57 Å². The smallest absolute Gasteiger partial charge is 0.202 e. The van der Waals surface area contributed by atoms with Gasteiger partial charge < -0.3 is 0 Å². The number of aryl methyl sites for hydroxylation is 1. The monoisotopic (exact) mass is 417 g/mol. The number of fused-ring (bicyclic) bond motifs is 1. The number of rotatable bonds is 3. The molecule has 2 fully saturated rings. The summed E-state index contributed by atoms with van der Waals surface area (Å²) in [6.45, 7) is 11.8. The second-order valence-electron chi connectivity index (χ2n) is 11.6. The molecule has 2 aliphatic carbocycles. The summed E-state index contributed by atoms with van der Waals surface area (Å²) >= 11 is 0. The van der Waals surface area contributed by atoms with Crippen molar-refractivity contribution in [2.45, 2.75) is 103 Å². The molecule has 2 nitrogen and oxygen atoms in total. The van der Waals surface area contributed by atoms with Gasteiger partial charge in [0.1, 0.15) is 11.4 Å². The molecule has 0 saturated heterocycles. The number of para-hydroxylation sites is 1. The lowest BCUT2D eigenvalue weighted by atomic mass is 9.60. The molecule has 5 rings (SSSR count). The largest absolute Gasteiger partial charge is 0.272 e. The molecule has 2 saturated carbocycles. The van der Waals surface area contributed by atoms with Crippen LogP contribution in [0.15, 0.2) is 30.3 Å². The van der Waals surface area contributed by atoms with Gasteiger partial charge in [-0.05, 0) is 82.9 Å². The first kappa shape index (κ1) is 21.0. The number of imidazole rings is 1. The average molecular weight is 418 g/mol. The second kappa shape index (κ2) is 7.64. The highest BCUT2D eigenvalue weighted by atomic mass is 15.2. The molecule has 0 N–H and O–H groups in total. The number of benzene rings is 1. The molecule has 1 aromatic heterocycles. The van der Waals surface area contributed by atoms with Gasteiger partial charge in [-0.25, -0.2) is 4.57 Å². The first-order valence-corrected chi connectivity index (χ1v) is 12.8. The van der Waals surface area contributed by atoms with E-state index in [9.17, 15) is 0 Å². The van der Waals surface area contributed by atoms with Crippen LogP contribution in [0.4, 0.5) is 0 Å². The van der Waals surface area contributed by atoms with E-state index in [0.29, 0.717) is 0 Å². The Labute approximate surface area is 189 Å². The molecule has 0 radical (unpaired) electrons. The van der Waals surface area contributed by atoms with Crippen molar-refractivity contribution in [2.24, 2.45) is 11.8 Å². The van der Waals surface area contributed by atoms with Gasteiger partial charge >= 0.3 is 0 Å². The molecule has 1 atom stereocenters. The van der Waals surface area contributed by atoms with E-state index in [-0.39, 0.29) is 10.8 Å². The maximum absolute atomic E-state index is 2.68. The lowest BCUT2D eigenvalue weighted by Crippen LogP contribution is -2.46. The number of hydrogen-bond donors (Lipinski definition) is 0. The summed E-state index contributed by atoms with van der Waals surface area (Å²) in [6, 6.07) is 8.94. The van der Waals surface area contributed by atoms with Gasteiger partial charge in [-0.3, -0.25) is 0 Å². The van der Waals surface area contributed by atoms with Crippen LogP contribution in [0.3, 0.4) is 0 Å². The maximum atomic E-state index is 2.68. The van der Waals surface area contributed by atoms with E-state index in [1.807, 2.05) is 0 Å². The highest BCUT2D eigenvalue weighted by molar-refractivity contribution is 5.48. The molecule has 3 aliphatic rings. The van der Waals surface area contributed by atoms with Crippen LogP contribution in [0.25, 0.3) is 11.9 Å². The molecule has 31 heavy (non-hydrogen) atoms. The summed E-state index contributed by atoms with van der Waals surface area (Å²) in [5.74, 6) is 3.04. The van der Waals surface area contributed by atoms with E-state index in [4.69, 9.17) is 0 Å². The summed E-state index contributed by atoms with van der Waals surface area (Å²) in [4.78, 5) is 0. The molecule has 0 bridgehead atoms. The van der Waals surface area contributed by atoms with Crippen LogP contribution in [0.1, 0.15) is 101 Å². The Bertz CT molecular complexity index is 990. The minimum Gasteiger partial charge on any atom is -0.202 e. The fourth-order valence-electron chi connectivity index (χ4n) is 7.38. The Morgan fingerprint density at radius 2 is 1.45 bits per heavy atom. The van der Waals surface area contributed by atoms with E-state index < -0.39 is 0 Å². The third-order valence-electron chi connectivity index (χ3n) is 8.61. The lowest BCUT2D eigenvalue weighted by molar-refractivity contribution is -0.588. The predicted molar refractivity (Wildman–Crippen MR) is 130 cm³/mol. The molecule has 1 unspecified atom stereocenters. The van der Waals surface area contributed by atoms with Gasteiger partial charge in [0.15, 0.2) is 5.69 Å². The predicted octanol–water partition coefficient (Wildman–Crippen LogP) is 7.17. The third-order valence-corrected chi connectivity index (χ3v) is 8.61. The summed E-state index contributed by atoms with van der Waals surface area (Å²) in [5, 5.41) is 0. The number of nitrogens with zero attached hydrogens (tertiary/aromatic N) is 2. The summed E-state index contributed by atoms with van der Waals surface area (Å²) in [6.07, 6.45) is 17.9. The fraction of sp³-hybridized carbons (Fsp3) is 0.621. The van der Waals surface area contributed by atoms with Crippen molar-refractivity contribution >= 4 is 6.20 Å². The number of hydrogen-bond acceptors (Lipinski definition) is 0. The van der Waals surface area contributed by atoms with Gasteiger partial charge in [-0.15, -0.1) is 0 Å². The number of aromatic nitrogens is 2. The molecule has 1 aliphatic heterocycles. The van der Waals surface area contributed by atoms with Crippen LogP contribution in [0, 0.1) is 25.7 Å². The summed E-state index contributed by atoms with van der Waals surface area (Å²) in [7, 11) is 0. The zero-order valence-electron chi connectivity index (χ0n) is 20.4. The molecular weight excluding hydrogens is 376 g/mol. The Balaban J connectivity index is 1.79. The van der Waals surface area contributed by atoms with Gasteiger partial charge in [0.2, 0.25) is 0 Å². The van der Waals surface area contributed by atoms with E-state index >= 15 is 0 Å². The zero-order chi connectivity index (χ0) is 21.8.